The van der Waals surface area contributed by atoms with Crippen LogP contribution in [-0.4, -0.2) is 40.5 Å². The minimum absolute atomic E-state index is 0.0532. The van der Waals surface area contributed by atoms with Crippen LogP contribution in [0.2, 0.25) is 0 Å². The molecule has 0 aliphatic carbocycles. The van der Waals surface area contributed by atoms with Crippen LogP contribution in [0.1, 0.15) is 83.6 Å². The highest BCUT2D eigenvalue weighted by Gasteiger charge is 2.34. The summed E-state index contributed by atoms with van der Waals surface area (Å²) in [6, 6.07) is 6.31. The molecule has 180 valence electrons. The zero-order chi connectivity index (χ0) is 23.9. The molecule has 0 fully saturated rings. The van der Waals surface area contributed by atoms with Gasteiger partial charge in [0.15, 0.2) is 11.5 Å². The van der Waals surface area contributed by atoms with Crippen molar-refractivity contribution >= 4 is 15.9 Å². The summed E-state index contributed by atoms with van der Waals surface area (Å²) in [5.41, 5.74) is 0.391. The molecule has 3 rings (SSSR count). The van der Waals surface area contributed by atoms with Crippen molar-refractivity contribution in [3.05, 3.63) is 35.7 Å². The number of unbranched alkanes of at least 4 members (excludes halogenated alkanes) is 2. The van der Waals surface area contributed by atoms with E-state index in [-0.39, 0.29) is 10.8 Å². The fraction of sp³-hybridized carbons (Fsp3) is 0.636. The first kappa shape index (κ1) is 25.1. The number of H-pyrrole nitrogens is 1. The molecule has 33 heavy (non-hydrogen) atoms. The zero-order valence-corrected chi connectivity index (χ0v) is 20.6. The van der Waals surface area contributed by atoms with Crippen LogP contribution < -0.4 is 4.72 Å². The van der Waals surface area contributed by atoms with Gasteiger partial charge in [0, 0.05) is 12.8 Å². The predicted molar refractivity (Wildman–Crippen MR) is 126 cm³/mol. The Morgan fingerprint density at radius 2 is 1.82 bits per heavy atom. The molecule has 2 N–H and O–H groups in total. The van der Waals surface area contributed by atoms with E-state index in [0.717, 1.165) is 49.9 Å². The highest BCUT2D eigenvalue weighted by atomic mass is 32.2. The molecular formula is C22H34N8O2S. The Hall–Kier alpha value is -2.53. The number of tetrazole rings is 1. The van der Waals surface area contributed by atoms with Gasteiger partial charge in [-0.3, -0.25) is 0 Å². The van der Waals surface area contributed by atoms with Gasteiger partial charge in [-0.1, -0.05) is 57.9 Å². The highest BCUT2D eigenvalue weighted by Crippen LogP contribution is 2.32. The van der Waals surface area contributed by atoms with E-state index < -0.39 is 21.7 Å². The topological polar surface area (TPSA) is 138 Å². The van der Waals surface area contributed by atoms with Crippen LogP contribution in [-0.2, 0) is 16.4 Å². The Labute approximate surface area is 195 Å². The number of amidine groups is 1. The minimum Gasteiger partial charge on any atom is -0.236 e. The standard InChI is InChI=1S/C22H34N8O2S/c1-5-7-9-19-23-22(28-24-19,14-8-6-2)15-17-10-12-18(13-11-17)33(31,32)27-20(16(3)4)21-25-29-30-26-21/h10-13,16,20,27H,5-9,14-15H2,1-4H3,(H,25,26,29,30)/t20-,22?/m0/s1. The Morgan fingerprint density at radius 3 is 2.42 bits per heavy atom. The molecule has 2 aromatic rings. The van der Waals surface area contributed by atoms with Gasteiger partial charge in [0.05, 0.1) is 10.9 Å². The van der Waals surface area contributed by atoms with Crippen LogP contribution in [0, 0.1) is 5.92 Å². The fourth-order valence-corrected chi connectivity index (χ4v) is 5.08. The largest absolute Gasteiger partial charge is 0.241 e. The van der Waals surface area contributed by atoms with Crippen molar-refractivity contribution in [3.8, 4) is 0 Å². The van der Waals surface area contributed by atoms with Crippen molar-refractivity contribution in [3.63, 3.8) is 0 Å². The Balaban J connectivity index is 1.75. The molecule has 0 bridgehead atoms. The van der Waals surface area contributed by atoms with Crippen molar-refractivity contribution in [2.24, 2.45) is 21.1 Å². The van der Waals surface area contributed by atoms with Gasteiger partial charge in [0.25, 0.3) is 0 Å². The molecule has 1 aliphatic heterocycles. The molecule has 1 aliphatic rings. The van der Waals surface area contributed by atoms with Gasteiger partial charge in [0.1, 0.15) is 5.84 Å². The maximum absolute atomic E-state index is 13.0. The highest BCUT2D eigenvalue weighted by molar-refractivity contribution is 7.89. The second kappa shape index (κ2) is 11.1. The van der Waals surface area contributed by atoms with E-state index >= 15 is 0 Å². The van der Waals surface area contributed by atoms with E-state index in [9.17, 15) is 8.42 Å². The number of aliphatic imine (C=N–C) groups is 1. The summed E-state index contributed by atoms with van der Waals surface area (Å²) >= 11 is 0. The van der Waals surface area contributed by atoms with Gasteiger partial charge in [0.2, 0.25) is 10.0 Å². The summed E-state index contributed by atoms with van der Waals surface area (Å²) in [7, 11) is -3.76. The molecule has 1 aromatic carbocycles. The second-order valence-corrected chi connectivity index (χ2v) is 10.6. The molecule has 0 spiro atoms. The van der Waals surface area contributed by atoms with Gasteiger partial charge in [-0.2, -0.15) is 10.3 Å². The van der Waals surface area contributed by atoms with Crippen molar-refractivity contribution in [1.82, 2.24) is 25.3 Å². The van der Waals surface area contributed by atoms with Crippen molar-refractivity contribution in [1.29, 1.82) is 0 Å². The lowest BCUT2D eigenvalue weighted by Crippen LogP contribution is -2.32. The van der Waals surface area contributed by atoms with E-state index in [2.05, 4.69) is 49.4 Å². The number of hydrogen-bond donors (Lipinski definition) is 2. The minimum atomic E-state index is -3.76. The molecule has 2 heterocycles. The second-order valence-electron chi connectivity index (χ2n) is 8.85. The summed E-state index contributed by atoms with van der Waals surface area (Å²) in [4.78, 5) is 5.06. The van der Waals surface area contributed by atoms with Gasteiger partial charge < -0.3 is 0 Å². The van der Waals surface area contributed by atoms with Gasteiger partial charge in [-0.15, -0.1) is 15.3 Å². The number of benzene rings is 1. The number of aromatic nitrogens is 4. The Bertz CT molecular complexity index is 1050. The average molecular weight is 475 g/mol. The molecule has 0 saturated carbocycles. The molecule has 10 nitrogen and oxygen atoms in total. The third kappa shape index (κ3) is 6.50. The number of azo groups is 1. The van der Waals surface area contributed by atoms with E-state index in [4.69, 9.17) is 4.99 Å². The van der Waals surface area contributed by atoms with Crippen LogP contribution in [0.15, 0.2) is 44.4 Å². The van der Waals surface area contributed by atoms with Crippen LogP contribution in [0.3, 0.4) is 0 Å². The molecule has 0 saturated heterocycles. The first-order valence-corrected chi connectivity index (χ1v) is 13.1. The van der Waals surface area contributed by atoms with Crippen molar-refractivity contribution in [2.75, 3.05) is 0 Å². The fourth-order valence-electron chi connectivity index (χ4n) is 3.74. The first-order valence-electron chi connectivity index (χ1n) is 11.6. The number of hydrogen-bond acceptors (Lipinski definition) is 8. The summed E-state index contributed by atoms with van der Waals surface area (Å²) in [6.45, 7) is 8.09. The molecule has 2 atom stereocenters. The number of rotatable bonds is 13. The van der Waals surface area contributed by atoms with Crippen LogP contribution in [0.25, 0.3) is 0 Å². The van der Waals surface area contributed by atoms with E-state index in [1.807, 2.05) is 26.0 Å². The third-order valence-corrected chi connectivity index (χ3v) is 7.14. The molecule has 1 aromatic heterocycles. The maximum Gasteiger partial charge on any atom is 0.241 e. The number of sulfonamides is 1. The van der Waals surface area contributed by atoms with E-state index in [0.29, 0.717) is 12.2 Å². The van der Waals surface area contributed by atoms with Crippen LogP contribution >= 0.6 is 0 Å². The maximum atomic E-state index is 13.0. The van der Waals surface area contributed by atoms with Gasteiger partial charge in [-0.05, 0) is 42.9 Å². The molecule has 11 heteroatoms. The molecular weight excluding hydrogens is 440 g/mol. The summed E-state index contributed by atoms with van der Waals surface area (Å²) in [5.74, 6) is 1.08. The summed E-state index contributed by atoms with van der Waals surface area (Å²) in [5, 5.41) is 22.7. The van der Waals surface area contributed by atoms with Gasteiger partial charge in [-0.25, -0.2) is 18.1 Å². The molecule has 0 amide bonds. The normalized spacial score (nSPS) is 19.2. The SMILES string of the molecule is CCCCC1=NC(CCCC)(Cc2ccc(S(=O)(=O)N[C@H](c3nn[nH]n3)C(C)C)cc2)N=N1. The summed E-state index contributed by atoms with van der Waals surface area (Å²) < 4.78 is 28.7. The number of nitrogens with zero attached hydrogens (tertiary/aromatic N) is 6. The summed E-state index contributed by atoms with van der Waals surface area (Å²) in [6.07, 6.45) is 6.45. The average Bonchev–Trinajstić information content (AvgIpc) is 3.46. The molecule has 1 unspecified atom stereocenters. The third-order valence-electron chi connectivity index (χ3n) is 5.68. The molecule has 0 radical (unpaired) electrons. The van der Waals surface area contributed by atoms with E-state index in [1.165, 1.54) is 0 Å². The Morgan fingerprint density at radius 1 is 1.09 bits per heavy atom. The van der Waals surface area contributed by atoms with Gasteiger partial charge >= 0.3 is 0 Å². The zero-order valence-electron chi connectivity index (χ0n) is 19.8. The lowest BCUT2D eigenvalue weighted by atomic mass is 9.95. The monoisotopic (exact) mass is 474 g/mol. The van der Waals surface area contributed by atoms with Crippen LogP contribution in [0.5, 0.6) is 0 Å². The van der Waals surface area contributed by atoms with Crippen LogP contribution in [0.4, 0.5) is 0 Å². The smallest absolute Gasteiger partial charge is 0.236 e. The Kier molecular flexibility index (Phi) is 8.41. The lowest BCUT2D eigenvalue weighted by Gasteiger charge is -2.22. The number of aromatic amines is 1. The predicted octanol–water partition coefficient (Wildman–Crippen LogP) is 4.36. The quantitative estimate of drug-likeness (QED) is 0.444. The van der Waals surface area contributed by atoms with E-state index in [1.54, 1.807) is 12.1 Å². The number of nitrogens with one attached hydrogen (secondary N) is 2. The lowest BCUT2D eigenvalue weighted by molar-refractivity contribution is 0.396. The first-order chi connectivity index (χ1) is 15.8. The van der Waals surface area contributed by atoms with Crippen molar-refractivity contribution < 1.29 is 8.42 Å². The van der Waals surface area contributed by atoms with Crippen molar-refractivity contribution in [2.45, 2.75) is 89.2 Å².